The second kappa shape index (κ2) is 12.6. The molecule has 0 saturated carbocycles. The Morgan fingerprint density at radius 3 is 1.82 bits per heavy atom. The topological polar surface area (TPSA) is 12.5 Å². The maximum absolute atomic E-state index is 7.24. The van der Waals surface area contributed by atoms with Gasteiger partial charge in [-0.05, 0) is 73.7 Å². The lowest BCUT2D eigenvalue weighted by molar-refractivity contribution is 0.196. The van der Waals surface area contributed by atoms with Crippen molar-refractivity contribution in [1.29, 1.82) is 0 Å². The third-order valence-electron chi connectivity index (χ3n) is 7.14. The molecule has 0 aromatic heterocycles. The van der Waals surface area contributed by atoms with Gasteiger partial charge < -0.3 is 4.43 Å². The Morgan fingerprint density at radius 2 is 1.35 bits per heavy atom. The number of hydrogen-bond acceptors (Lipinski definition) is 2. The Morgan fingerprint density at radius 1 is 0.824 bits per heavy atom. The lowest BCUT2D eigenvalue weighted by Gasteiger charge is -2.42. The van der Waals surface area contributed by atoms with E-state index in [-0.39, 0.29) is 0 Å². The normalized spacial score (nSPS) is 13.3. The van der Waals surface area contributed by atoms with Crippen molar-refractivity contribution in [2.45, 2.75) is 97.9 Å². The summed E-state index contributed by atoms with van der Waals surface area (Å²) in [5.74, 6) is 1.02. The molecule has 0 saturated heterocycles. The zero-order valence-corrected chi connectivity index (χ0v) is 25.6. The van der Waals surface area contributed by atoms with Crippen LogP contribution in [0.3, 0.4) is 0 Å². The number of benzene rings is 2. The molecule has 2 nitrogen and oxygen atoms in total. The summed E-state index contributed by atoms with van der Waals surface area (Å²) in [5.41, 5.74) is 5.19. The highest BCUT2D eigenvalue weighted by Crippen LogP contribution is 2.45. The fourth-order valence-corrected chi connectivity index (χ4v) is 11.2. The highest BCUT2D eigenvalue weighted by Gasteiger charge is 2.47. The Bertz CT molecular complexity index is 904. The van der Waals surface area contributed by atoms with E-state index in [0.717, 1.165) is 16.8 Å². The molecule has 2 aromatic rings. The minimum Gasteiger partial charge on any atom is -0.542 e. The molecule has 0 atom stereocenters. The van der Waals surface area contributed by atoms with Crippen molar-refractivity contribution in [2.75, 3.05) is 6.54 Å². The van der Waals surface area contributed by atoms with Crippen LogP contribution >= 0.6 is 15.9 Å². The van der Waals surface area contributed by atoms with Crippen molar-refractivity contribution < 1.29 is 4.43 Å². The summed E-state index contributed by atoms with van der Waals surface area (Å²) in [6.45, 7) is 24.1. The van der Waals surface area contributed by atoms with E-state index in [1.807, 2.05) is 0 Å². The predicted octanol–water partition coefficient (Wildman–Crippen LogP) is 9.55. The smallest absolute Gasteiger partial charge is 0.258 e. The van der Waals surface area contributed by atoms with Crippen LogP contribution < -0.4 is 4.43 Å². The molecule has 0 aliphatic carbocycles. The van der Waals surface area contributed by atoms with Crippen molar-refractivity contribution >= 4 is 29.8 Å². The molecule has 2 rings (SSSR count). The van der Waals surface area contributed by atoms with Crippen molar-refractivity contribution in [3.05, 3.63) is 70.2 Å². The monoisotopic (exact) mass is 543 g/mol. The van der Waals surface area contributed by atoms with Crippen LogP contribution in [0.25, 0.3) is 5.57 Å². The van der Waals surface area contributed by atoms with E-state index in [4.69, 9.17) is 4.43 Å². The van der Waals surface area contributed by atoms with E-state index in [9.17, 15) is 0 Å². The van der Waals surface area contributed by atoms with E-state index in [1.165, 1.54) is 16.7 Å². The van der Waals surface area contributed by atoms with E-state index in [2.05, 4.69) is 145 Å². The van der Waals surface area contributed by atoms with Crippen molar-refractivity contribution in [1.82, 2.24) is 4.90 Å². The maximum atomic E-state index is 7.24. The minimum absolute atomic E-state index is 0.481. The Labute approximate surface area is 219 Å². The molecule has 188 valence electrons. The molecule has 0 radical (unpaired) electrons. The van der Waals surface area contributed by atoms with E-state index < -0.39 is 8.32 Å². The molecule has 4 heteroatoms. The van der Waals surface area contributed by atoms with E-state index in [0.29, 0.717) is 28.7 Å². The van der Waals surface area contributed by atoms with Crippen LogP contribution in [0.4, 0.5) is 0 Å². The summed E-state index contributed by atoms with van der Waals surface area (Å²) >= 11 is 3.75. The van der Waals surface area contributed by atoms with Crippen LogP contribution in [-0.2, 0) is 0 Å². The van der Waals surface area contributed by atoms with Gasteiger partial charge in [-0.2, -0.15) is 0 Å². The zero-order chi connectivity index (χ0) is 25.6. The van der Waals surface area contributed by atoms with Crippen molar-refractivity contribution in [3.8, 4) is 5.75 Å². The van der Waals surface area contributed by atoms with Gasteiger partial charge in [0.2, 0.25) is 0 Å². The van der Waals surface area contributed by atoms with Crippen LogP contribution in [0.1, 0.15) is 80.4 Å². The van der Waals surface area contributed by atoms with Crippen LogP contribution in [0.2, 0.25) is 16.6 Å². The predicted molar refractivity (Wildman–Crippen MR) is 156 cm³/mol. The van der Waals surface area contributed by atoms with Gasteiger partial charge in [0, 0.05) is 28.7 Å². The fraction of sp³-hybridized carbons (Fsp3) is 0.533. The first-order valence-electron chi connectivity index (χ1n) is 12.9. The quantitative estimate of drug-likeness (QED) is 0.261. The van der Waals surface area contributed by atoms with Crippen LogP contribution in [-0.4, -0.2) is 31.8 Å². The SMILES string of the molecule is CC(C)N(C/C=C(/c1ccccc1)c1cc(Br)ccc1O[Si](C(C)C)(C(C)C)C(C)C)C(C)C. The third-order valence-corrected chi connectivity index (χ3v) is 13.6. The molecular formula is C30H46BrNOSi. The fourth-order valence-electron chi connectivity index (χ4n) is 5.56. The molecule has 0 fully saturated rings. The van der Waals surface area contributed by atoms with Gasteiger partial charge in [-0.25, -0.2) is 0 Å². The molecule has 0 aliphatic rings. The molecule has 0 unspecified atom stereocenters. The third kappa shape index (κ3) is 6.64. The van der Waals surface area contributed by atoms with Gasteiger partial charge in [-0.1, -0.05) is 93.9 Å². The van der Waals surface area contributed by atoms with Gasteiger partial charge in [0.1, 0.15) is 5.75 Å². The van der Waals surface area contributed by atoms with Crippen LogP contribution in [0.5, 0.6) is 5.75 Å². The molecule has 34 heavy (non-hydrogen) atoms. The molecule has 0 amide bonds. The highest BCUT2D eigenvalue weighted by molar-refractivity contribution is 9.10. The number of halogens is 1. The second-order valence-corrected chi connectivity index (χ2v) is 17.2. The standard InChI is InChI=1S/C30H46BrNOSi/c1-21(2)32(22(3)4)19-18-28(26-14-12-11-13-15-26)29-20-27(31)16-17-30(29)33-34(23(5)6,24(7)8)25(9)10/h11-18,20-25H,19H2,1-10H3/b28-18-. The number of nitrogens with zero attached hydrogens (tertiary/aromatic N) is 1. The van der Waals surface area contributed by atoms with Gasteiger partial charge in [-0.15, -0.1) is 0 Å². The first-order valence-corrected chi connectivity index (χ1v) is 15.8. The first kappa shape index (κ1) is 28.9. The maximum Gasteiger partial charge on any atom is 0.258 e. The minimum atomic E-state index is -2.10. The molecule has 0 bridgehead atoms. The summed E-state index contributed by atoms with van der Waals surface area (Å²) < 4.78 is 8.32. The average Bonchev–Trinajstić information content (AvgIpc) is 2.75. The van der Waals surface area contributed by atoms with E-state index in [1.54, 1.807) is 0 Å². The van der Waals surface area contributed by atoms with Gasteiger partial charge in [-0.3, -0.25) is 4.90 Å². The van der Waals surface area contributed by atoms with Crippen LogP contribution in [0.15, 0.2) is 59.1 Å². The van der Waals surface area contributed by atoms with Crippen molar-refractivity contribution in [2.24, 2.45) is 0 Å². The van der Waals surface area contributed by atoms with Gasteiger partial charge in [0.05, 0.1) is 0 Å². The Balaban J connectivity index is 2.71. The number of rotatable bonds is 11. The Kier molecular flexibility index (Phi) is 10.7. The van der Waals surface area contributed by atoms with Crippen LogP contribution in [0, 0.1) is 0 Å². The highest BCUT2D eigenvalue weighted by atomic mass is 79.9. The lowest BCUT2D eigenvalue weighted by Crippen LogP contribution is -2.50. The van der Waals surface area contributed by atoms with E-state index >= 15 is 0 Å². The summed E-state index contributed by atoms with van der Waals surface area (Å²) in [6, 6.07) is 18.3. The average molecular weight is 545 g/mol. The summed E-state index contributed by atoms with van der Waals surface area (Å²) in [7, 11) is -2.10. The lowest BCUT2D eigenvalue weighted by atomic mass is 9.96. The zero-order valence-electron chi connectivity index (χ0n) is 23.0. The molecule has 0 aliphatic heterocycles. The molecule has 2 aromatic carbocycles. The summed E-state index contributed by atoms with van der Waals surface area (Å²) in [5, 5.41) is 0. The summed E-state index contributed by atoms with van der Waals surface area (Å²) in [6.07, 6.45) is 2.40. The first-order chi connectivity index (χ1) is 15.9. The number of hydrogen-bond donors (Lipinski definition) is 0. The summed E-state index contributed by atoms with van der Waals surface area (Å²) in [4.78, 5) is 2.52. The molecule has 0 heterocycles. The Hall–Kier alpha value is -1.36. The van der Waals surface area contributed by atoms with Gasteiger partial charge >= 0.3 is 0 Å². The molecule has 0 N–H and O–H groups in total. The second-order valence-electron chi connectivity index (χ2n) is 10.9. The van der Waals surface area contributed by atoms with Gasteiger partial charge in [0.15, 0.2) is 0 Å². The molecule has 0 spiro atoms. The van der Waals surface area contributed by atoms with Crippen molar-refractivity contribution in [3.63, 3.8) is 0 Å². The molecular weight excluding hydrogens is 498 g/mol. The largest absolute Gasteiger partial charge is 0.542 e. The van der Waals surface area contributed by atoms with Gasteiger partial charge in [0.25, 0.3) is 8.32 Å².